The molecule has 0 aliphatic heterocycles. The maximum Gasteiger partial charge on any atom is 0.335 e. The average Bonchev–Trinajstić information content (AvgIpc) is 2.84. The average molecular weight is 397 g/mol. The lowest BCUT2D eigenvalue weighted by Gasteiger charge is -2.05. The molecule has 0 bridgehead atoms. The summed E-state index contributed by atoms with van der Waals surface area (Å²) in [4.78, 5) is 11.0. The third-order valence-corrected chi connectivity index (χ3v) is 3.99. The fourth-order valence-electron chi connectivity index (χ4n) is 1.88. The van der Waals surface area contributed by atoms with E-state index in [1.807, 2.05) is 18.2 Å². The number of carboxylic acids is 1. The highest BCUT2D eigenvalue weighted by atomic mass is 79.9. The summed E-state index contributed by atoms with van der Waals surface area (Å²) in [7, 11) is 0. The van der Waals surface area contributed by atoms with Crippen LogP contribution in [0, 0.1) is 0 Å². The van der Waals surface area contributed by atoms with Crippen molar-refractivity contribution in [3.05, 3.63) is 50.9 Å². The topological polar surface area (TPSA) is 68.0 Å². The van der Waals surface area contributed by atoms with E-state index >= 15 is 0 Å². The van der Waals surface area contributed by atoms with Gasteiger partial charge in [-0.25, -0.2) is 9.48 Å². The van der Waals surface area contributed by atoms with Crippen LogP contribution in [0.1, 0.15) is 10.4 Å². The molecule has 0 radical (unpaired) electrons. The molecule has 0 spiro atoms. The zero-order valence-electron chi connectivity index (χ0n) is 9.92. The van der Waals surface area contributed by atoms with E-state index in [0.717, 1.165) is 20.1 Å². The van der Waals surface area contributed by atoms with E-state index in [2.05, 4.69) is 42.2 Å². The Morgan fingerprint density at radius 3 is 2.70 bits per heavy atom. The van der Waals surface area contributed by atoms with Crippen LogP contribution in [-0.4, -0.2) is 26.1 Å². The first kappa shape index (κ1) is 13.3. The number of benzene rings is 2. The van der Waals surface area contributed by atoms with Crippen molar-refractivity contribution in [1.29, 1.82) is 0 Å². The normalized spacial score (nSPS) is 10.9. The Morgan fingerprint density at radius 1 is 1.15 bits per heavy atom. The van der Waals surface area contributed by atoms with Crippen molar-refractivity contribution >= 4 is 48.9 Å². The van der Waals surface area contributed by atoms with Gasteiger partial charge in [0.25, 0.3) is 0 Å². The predicted octanol–water partition coefficient (Wildman–Crippen LogP) is 3.64. The molecular formula is C13H7Br2N3O2. The molecular weight excluding hydrogens is 390 g/mol. The van der Waals surface area contributed by atoms with E-state index < -0.39 is 5.97 Å². The van der Waals surface area contributed by atoms with Crippen molar-refractivity contribution in [2.45, 2.75) is 0 Å². The van der Waals surface area contributed by atoms with Gasteiger partial charge in [-0.15, -0.1) is 5.10 Å². The molecule has 5 nitrogen and oxygen atoms in total. The third-order valence-electron chi connectivity index (χ3n) is 2.83. The van der Waals surface area contributed by atoms with Gasteiger partial charge in [0.1, 0.15) is 5.52 Å². The molecule has 1 N–H and O–H groups in total. The van der Waals surface area contributed by atoms with Gasteiger partial charge in [0.05, 0.1) is 16.8 Å². The second-order valence-corrected chi connectivity index (χ2v) is 5.88. The second kappa shape index (κ2) is 4.99. The molecule has 3 rings (SSSR count). The van der Waals surface area contributed by atoms with Crippen molar-refractivity contribution in [1.82, 2.24) is 15.0 Å². The zero-order chi connectivity index (χ0) is 14.3. The SMILES string of the molecule is O=C(O)c1ccc2c(c1)nnn2-c1cc(Br)ccc1Br. The molecule has 0 saturated carbocycles. The molecule has 0 saturated heterocycles. The standard InChI is InChI=1S/C13H7Br2N3O2/c14-8-2-3-9(15)12(6-8)18-11-4-1-7(13(19)20)5-10(11)16-17-18/h1-6H,(H,19,20). The highest BCUT2D eigenvalue weighted by Gasteiger charge is 2.12. The van der Waals surface area contributed by atoms with E-state index in [0.29, 0.717) is 5.52 Å². The van der Waals surface area contributed by atoms with Gasteiger partial charge in [-0.1, -0.05) is 21.1 Å². The lowest BCUT2D eigenvalue weighted by molar-refractivity contribution is 0.0697. The Hall–Kier alpha value is -1.73. The first-order valence-electron chi connectivity index (χ1n) is 5.60. The molecule has 20 heavy (non-hydrogen) atoms. The summed E-state index contributed by atoms with van der Waals surface area (Å²) < 4.78 is 3.45. The first-order valence-corrected chi connectivity index (χ1v) is 7.19. The van der Waals surface area contributed by atoms with Crippen LogP contribution < -0.4 is 0 Å². The van der Waals surface area contributed by atoms with Crippen molar-refractivity contribution in [2.24, 2.45) is 0 Å². The monoisotopic (exact) mass is 395 g/mol. The highest BCUT2D eigenvalue weighted by molar-refractivity contribution is 9.11. The van der Waals surface area contributed by atoms with Gasteiger partial charge < -0.3 is 5.11 Å². The van der Waals surface area contributed by atoms with Crippen LogP contribution in [0.5, 0.6) is 0 Å². The Labute approximate surface area is 130 Å². The van der Waals surface area contributed by atoms with Gasteiger partial charge in [0.2, 0.25) is 0 Å². The molecule has 0 fully saturated rings. The smallest absolute Gasteiger partial charge is 0.335 e. The van der Waals surface area contributed by atoms with Gasteiger partial charge in [0, 0.05) is 8.95 Å². The molecule has 0 aliphatic rings. The van der Waals surface area contributed by atoms with Crippen LogP contribution in [0.2, 0.25) is 0 Å². The van der Waals surface area contributed by atoms with Crippen LogP contribution >= 0.6 is 31.9 Å². The molecule has 0 aliphatic carbocycles. The molecule has 1 heterocycles. The summed E-state index contributed by atoms with van der Waals surface area (Å²) in [5, 5.41) is 17.1. The number of aromatic nitrogens is 3. The van der Waals surface area contributed by atoms with Crippen molar-refractivity contribution in [3.8, 4) is 5.69 Å². The molecule has 0 unspecified atom stereocenters. The number of fused-ring (bicyclic) bond motifs is 1. The number of carboxylic acid groups (broad SMARTS) is 1. The fourth-order valence-corrected chi connectivity index (χ4v) is 2.65. The first-order chi connectivity index (χ1) is 9.56. The van der Waals surface area contributed by atoms with Gasteiger partial charge in [-0.2, -0.15) is 0 Å². The van der Waals surface area contributed by atoms with Crippen molar-refractivity contribution in [3.63, 3.8) is 0 Å². The van der Waals surface area contributed by atoms with Gasteiger partial charge >= 0.3 is 5.97 Å². The number of hydrogen-bond donors (Lipinski definition) is 1. The Bertz CT molecular complexity index is 830. The molecule has 3 aromatic rings. The molecule has 7 heteroatoms. The zero-order valence-corrected chi connectivity index (χ0v) is 13.1. The summed E-state index contributed by atoms with van der Waals surface area (Å²) in [5.74, 6) is -0.981. The minimum Gasteiger partial charge on any atom is -0.478 e. The summed E-state index contributed by atoms with van der Waals surface area (Å²) in [6.45, 7) is 0. The molecule has 2 aromatic carbocycles. The number of hydrogen-bond acceptors (Lipinski definition) is 3. The van der Waals surface area contributed by atoms with E-state index in [1.54, 1.807) is 10.7 Å². The number of aromatic carboxylic acids is 1. The number of halogens is 2. The molecule has 0 amide bonds. The maximum absolute atomic E-state index is 11.0. The van der Waals surface area contributed by atoms with Crippen LogP contribution in [0.15, 0.2) is 45.3 Å². The Balaban J connectivity index is 2.22. The van der Waals surface area contributed by atoms with Crippen LogP contribution in [0.25, 0.3) is 16.7 Å². The van der Waals surface area contributed by atoms with E-state index in [9.17, 15) is 4.79 Å². The lowest BCUT2D eigenvalue weighted by Crippen LogP contribution is -1.99. The van der Waals surface area contributed by atoms with Crippen LogP contribution in [-0.2, 0) is 0 Å². The predicted molar refractivity (Wildman–Crippen MR) is 81.2 cm³/mol. The minimum absolute atomic E-state index is 0.192. The molecule has 1 aromatic heterocycles. The molecule has 100 valence electrons. The Kier molecular flexibility index (Phi) is 3.31. The minimum atomic E-state index is -0.981. The van der Waals surface area contributed by atoms with Crippen LogP contribution in [0.3, 0.4) is 0 Å². The number of rotatable bonds is 2. The fraction of sp³-hybridized carbons (Fsp3) is 0. The number of nitrogens with zero attached hydrogens (tertiary/aromatic N) is 3. The lowest BCUT2D eigenvalue weighted by atomic mass is 10.2. The Morgan fingerprint density at radius 2 is 1.95 bits per heavy atom. The number of carbonyl (C=O) groups is 1. The van der Waals surface area contributed by atoms with Gasteiger partial charge in [0.15, 0.2) is 0 Å². The largest absolute Gasteiger partial charge is 0.478 e. The van der Waals surface area contributed by atoms with E-state index in [1.165, 1.54) is 12.1 Å². The van der Waals surface area contributed by atoms with Crippen molar-refractivity contribution in [2.75, 3.05) is 0 Å². The van der Waals surface area contributed by atoms with E-state index in [4.69, 9.17) is 5.11 Å². The van der Waals surface area contributed by atoms with Crippen molar-refractivity contribution < 1.29 is 9.90 Å². The second-order valence-electron chi connectivity index (χ2n) is 4.11. The summed E-state index contributed by atoms with van der Waals surface area (Å²) in [5.41, 5.74) is 2.30. The van der Waals surface area contributed by atoms with Gasteiger partial charge in [-0.3, -0.25) is 0 Å². The quantitative estimate of drug-likeness (QED) is 0.717. The maximum atomic E-state index is 11.0. The van der Waals surface area contributed by atoms with E-state index in [-0.39, 0.29) is 5.56 Å². The van der Waals surface area contributed by atoms with Crippen LogP contribution in [0.4, 0.5) is 0 Å². The van der Waals surface area contributed by atoms with Gasteiger partial charge in [-0.05, 0) is 52.3 Å². The highest BCUT2D eigenvalue weighted by Crippen LogP contribution is 2.27. The summed E-state index contributed by atoms with van der Waals surface area (Å²) >= 11 is 6.89. The molecule has 0 atom stereocenters. The third kappa shape index (κ3) is 2.23. The summed E-state index contributed by atoms with van der Waals surface area (Å²) in [6, 6.07) is 10.5. The summed E-state index contributed by atoms with van der Waals surface area (Å²) in [6.07, 6.45) is 0.